The van der Waals surface area contributed by atoms with Gasteiger partial charge >= 0.3 is 0 Å². The summed E-state index contributed by atoms with van der Waals surface area (Å²) in [7, 11) is -3.52. The fourth-order valence-corrected chi connectivity index (χ4v) is 4.90. The normalized spacial score (nSPS) is 12.3. The van der Waals surface area contributed by atoms with Gasteiger partial charge in [0, 0.05) is 30.6 Å². The van der Waals surface area contributed by atoms with Gasteiger partial charge in [0.15, 0.2) is 0 Å². The fraction of sp³-hybridized carbons (Fsp3) is 0.462. The van der Waals surface area contributed by atoms with Gasteiger partial charge in [-0.2, -0.15) is 0 Å². The lowest BCUT2D eigenvalue weighted by Crippen LogP contribution is -2.49. The zero-order chi connectivity index (χ0) is 26.2. The maximum Gasteiger partial charge on any atom is 0.242 e. The van der Waals surface area contributed by atoms with Crippen LogP contribution in [0.25, 0.3) is 0 Å². The van der Waals surface area contributed by atoms with Crippen LogP contribution in [0.4, 0.5) is 5.69 Å². The van der Waals surface area contributed by atoms with Gasteiger partial charge < -0.3 is 10.2 Å². The number of carbonyl (C=O) groups excluding carboxylic acids is 2. The molecule has 1 N–H and O–H groups in total. The first kappa shape index (κ1) is 28.7. The van der Waals surface area contributed by atoms with Crippen LogP contribution in [0, 0.1) is 0 Å². The van der Waals surface area contributed by atoms with Crippen molar-refractivity contribution in [2.75, 3.05) is 17.1 Å². The van der Waals surface area contributed by atoms with Crippen molar-refractivity contribution in [1.82, 2.24) is 10.2 Å². The third kappa shape index (κ3) is 8.85. The van der Waals surface area contributed by atoms with Crippen molar-refractivity contribution in [3.05, 3.63) is 64.7 Å². The summed E-state index contributed by atoms with van der Waals surface area (Å²) in [5, 5.41) is 3.40. The van der Waals surface area contributed by atoms with E-state index in [0.29, 0.717) is 17.1 Å². The molecule has 0 aliphatic heterocycles. The SMILES string of the molecule is CCc1ccc(N(CCCC(=O)N(Cc2cccc(Cl)c2)[C@H](C)C(=O)NC(C)C)S(C)(=O)=O)cc1. The zero-order valence-corrected chi connectivity index (χ0v) is 22.7. The average Bonchev–Trinajstić information content (AvgIpc) is 2.78. The Morgan fingerprint density at radius 2 is 1.69 bits per heavy atom. The summed E-state index contributed by atoms with van der Waals surface area (Å²) in [5.74, 6) is -0.477. The summed E-state index contributed by atoms with van der Waals surface area (Å²) in [4.78, 5) is 27.5. The van der Waals surface area contributed by atoms with E-state index in [0.717, 1.165) is 23.8 Å². The largest absolute Gasteiger partial charge is 0.352 e. The van der Waals surface area contributed by atoms with Gasteiger partial charge in [-0.05, 0) is 69.0 Å². The lowest BCUT2D eigenvalue weighted by molar-refractivity contribution is -0.140. The van der Waals surface area contributed by atoms with Crippen LogP contribution in [0.2, 0.25) is 5.02 Å². The minimum atomic E-state index is -3.52. The van der Waals surface area contributed by atoms with Crippen LogP contribution in [-0.4, -0.2) is 50.0 Å². The van der Waals surface area contributed by atoms with E-state index >= 15 is 0 Å². The van der Waals surface area contributed by atoms with Gasteiger partial charge in [-0.25, -0.2) is 8.42 Å². The van der Waals surface area contributed by atoms with E-state index in [-0.39, 0.29) is 37.4 Å². The molecule has 7 nitrogen and oxygen atoms in total. The Hall–Kier alpha value is -2.58. The standard InChI is InChI=1S/C26H36ClN3O4S/c1-6-21-12-14-24(15-13-21)30(35(5,33)34)16-8-11-25(31)29(20(4)26(32)28-19(2)3)18-22-9-7-10-23(27)17-22/h7,9-10,12-15,17,19-20H,6,8,11,16,18H2,1-5H3,(H,28,32)/t20-/m1/s1. The minimum Gasteiger partial charge on any atom is -0.352 e. The highest BCUT2D eigenvalue weighted by Crippen LogP contribution is 2.20. The number of halogens is 1. The minimum absolute atomic E-state index is 0.0597. The molecule has 0 fully saturated rings. The van der Waals surface area contributed by atoms with Crippen molar-refractivity contribution in [2.45, 2.75) is 65.6 Å². The number of carbonyl (C=O) groups is 2. The zero-order valence-electron chi connectivity index (χ0n) is 21.1. The number of hydrogen-bond acceptors (Lipinski definition) is 4. The second-order valence-corrected chi connectivity index (χ2v) is 11.3. The molecule has 9 heteroatoms. The summed E-state index contributed by atoms with van der Waals surface area (Å²) in [6.45, 7) is 7.83. The van der Waals surface area contributed by atoms with Crippen LogP contribution < -0.4 is 9.62 Å². The summed E-state index contributed by atoms with van der Waals surface area (Å²) >= 11 is 6.11. The topological polar surface area (TPSA) is 86.8 Å². The number of hydrogen-bond donors (Lipinski definition) is 1. The lowest BCUT2D eigenvalue weighted by Gasteiger charge is -2.30. The molecule has 2 amide bonds. The van der Waals surface area contributed by atoms with Crippen molar-refractivity contribution in [3.8, 4) is 0 Å². The van der Waals surface area contributed by atoms with E-state index in [9.17, 15) is 18.0 Å². The smallest absolute Gasteiger partial charge is 0.242 e. The number of benzene rings is 2. The molecule has 35 heavy (non-hydrogen) atoms. The number of nitrogens with zero attached hydrogens (tertiary/aromatic N) is 2. The van der Waals surface area contributed by atoms with E-state index in [1.165, 1.54) is 9.21 Å². The van der Waals surface area contributed by atoms with Crippen LogP contribution >= 0.6 is 11.6 Å². The van der Waals surface area contributed by atoms with E-state index in [1.807, 2.05) is 39.0 Å². The van der Waals surface area contributed by atoms with E-state index < -0.39 is 16.1 Å². The summed E-state index contributed by atoms with van der Waals surface area (Å²) in [6, 6.07) is 13.8. The number of nitrogens with one attached hydrogen (secondary N) is 1. The Morgan fingerprint density at radius 3 is 2.23 bits per heavy atom. The molecule has 0 aliphatic rings. The summed E-state index contributed by atoms with van der Waals surface area (Å²) in [5.41, 5.74) is 2.49. The first-order chi connectivity index (χ1) is 16.4. The molecule has 2 aromatic carbocycles. The molecule has 0 aliphatic carbocycles. The Morgan fingerprint density at radius 1 is 1.03 bits per heavy atom. The molecular weight excluding hydrogens is 486 g/mol. The number of anilines is 1. The molecule has 0 heterocycles. The van der Waals surface area contributed by atoms with E-state index in [1.54, 1.807) is 37.3 Å². The molecule has 0 aromatic heterocycles. The third-order valence-corrected chi connectivity index (χ3v) is 7.05. The van der Waals surface area contributed by atoms with Gasteiger partial charge in [0.1, 0.15) is 6.04 Å². The predicted molar refractivity (Wildman–Crippen MR) is 142 cm³/mol. The van der Waals surface area contributed by atoms with Gasteiger partial charge in [0.05, 0.1) is 11.9 Å². The van der Waals surface area contributed by atoms with Crippen molar-refractivity contribution in [3.63, 3.8) is 0 Å². The molecule has 0 saturated carbocycles. The number of amides is 2. The predicted octanol–water partition coefficient (Wildman–Crippen LogP) is 4.39. The van der Waals surface area contributed by atoms with Crippen LogP contribution in [-0.2, 0) is 32.6 Å². The molecule has 2 aromatic rings. The molecule has 0 radical (unpaired) electrons. The molecule has 2 rings (SSSR count). The third-order valence-electron chi connectivity index (χ3n) is 5.62. The summed E-state index contributed by atoms with van der Waals surface area (Å²) in [6.07, 6.45) is 2.43. The maximum atomic E-state index is 13.3. The van der Waals surface area contributed by atoms with Crippen molar-refractivity contribution in [2.24, 2.45) is 0 Å². The van der Waals surface area contributed by atoms with Crippen LogP contribution in [0.1, 0.15) is 51.7 Å². The number of rotatable bonds is 12. The second-order valence-electron chi connectivity index (χ2n) is 8.95. The van der Waals surface area contributed by atoms with E-state index in [2.05, 4.69) is 5.32 Å². The van der Waals surface area contributed by atoms with Gasteiger partial charge in [0.25, 0.3) is 0 Å². The monoisotopic (exact) mass is 521 g/mol. The average molecular weight is 522 g/mol. The van der Waals surface area contributed by atoms with Gasteiger partial charge in [-0.1, -0.05) is 42.8 Å². The van der Waals surface area contributed by atoms with Crippen molar-refractivity contribution < 1.29 is 18.0 Å². The molecule has 0 unspecified atom stereocenters. The van der Waals surface area contributed by atoms with Crippen molar-refractivity contribution in [1.29, 1.82) is 0 Å². The van der Waals surface area contributed by atoms with Crippen LogP contribution in [0.15, 0.2) is 48.5 Å². The number of sulfonamides is 1. The highest BCUT2D eigenvalue weighted by molar-refractivity contribution is 7.92. The molecule has 0 spiro atoms. The molecule has 1 atom stereocenters. The molecule has 0 saturated heterocycles. The highest BCUT2D eigenvalue weighted by atomic mass is 35.5. The molecular formula is C26H36ClN3O4S. The Bertz CT molecular complexity index is 1100. The fourth-order valence-electron chi connectivity index (χ4n) is 3.72. The Labute approximate surface area is 214 Å². The van der Waals surface area contributed by atoms with Crippen LogP contribution in [0.3, 0.4) is 0 Å². The van der Waals surface area contributed by atoms with Gasteiger partial charge in [-0.15, -0.1) is 0 Å². The lowest BCUT2D eigenvalue weighted by atomic mass is 10.1. The van der Waals surface area contributed by atoms with E-state index in [4.69, 9.17) is 11.6 Å². The quantitative estimate of drug-likeness (QED) is 0.448. The summed E-state index contributed by atoms with van der Waals surface area (Å²) < 4.78 is 26.2. The van der Waals surface area contributed by atoms with Crippen molar-refractivity contribution >= 4 is 39.1 Å². The number of aryl methyl sites for hydroxylation is 1. The van der Waals surface area contributed by atoms with Gasteiger partial charge in [0.2, 0.25) is 21.8 Å². The maximum absolute atomic E-state index is 13.3. The highest BCUT2D eigenvalue weighted by Gasteiger charge is 2.27. The Kier molecular flexibility index (Phi) is 10.6. The first-order valence-electron chi connectivity index (χ1n) is 11.8. The Balaban J connectivity index is 2.16. The molecule has 192 valence electrons. The van der Waals surface area contributed by atoms with Gasteiger partial charge in [-0.3, -0.25) is 13.9 Å². The van der Waals surface area contributed by atoms with Crippen LogP contribution in [0.5, 0.6) is 0 Å². The molecule has 0 bridgehead atoms. The second kappa shape index (κ2) is 12.9. The first-order valence-corrected chi connectivity index (χ1v) is 14.1.